The number of benzene rings is 1. The normalized spacial score (nSPS) is 17.9. The van der Waals surface area contributed by atoms with Crippen molar-refractivity contribution in [2.24, 2.45) is 5.73 Å². The van der Waals surface area contributed by atoms with Crippen LogP contribution in [0.4, 0.5) is 0 Å². The minimum Gasteiger partial charge on any atom is -0.368 e. The second kappa shape index (κ2) is 6.40. The van der Waals surface area contributed by atoms with Crippen molar-refractivity contribution in [2.45, 2.75) is 65.0 Å². The zero-order valence-corrected chi connectivity index (χ0v) is 12.8. The molecule has 0 spiro atoms. The molecule has 110 valence electrons. The van der Waals surface area contributed by atoms with E-state index in [0.717, 1.165) is 24.0 Å². The van der Waals surface area contributed by atoms with Crippen LogP contribution in [0.5, 0.6) is 0 Å². The Labute approximate surface area is 121 Å². The van der Waals surface area contributed by atoms with Crippen LogP contribution >= 0.6 is 0 Å². The molecule has 0 bridgehead atoms. The Bertz CT molecular complexity index is 490. The Morgan fingerprint density at radius 2 is 1.70 bits per heavy atom. The van der Waals surface area contributed by atoms with E-state index in [1.807, 2.05) is 0 Å². The van der Waals surface area contributed by atoms with Gasteiger partial charge in [0.1, 0.15) is 6.04 Å². The fourth-order valence-corrected chi connectivity index (χ4v) is 3.12. The largest absolute Gasteiger partial charge is 0.368 e. The van der Waals surface area contributed by atoms with Gasteiger partial charge in [-0.2, -0.15) is 0 Å². The van der Waals surface area contributed by atoms with Crippen molar-refractivity contribution in [3.63, 3.8) is 0 Å². The first-order valence-electron chi connectivity index (χ1n) is 7.62. The van der Waals surface area contributed by atoms with Gasteiger partial charge in [-0.05, 0) is 55.9 Å². The molecular weight excluding hydrogens is 248 g/mol. The SMILES string of the molecule is Cc1cc(C)c(C(NC2CCCCC2)C(N)=O)cc1C. The zero-order valence-electron chi connectivity index (χ0n) is 12.8. The Morgan fingerprint density at radius 1 is 1.10 bits per heavy atom. The summed E-state index contributed by atoms with van der Waals surface area (Å²) in [6.07, 6.45) is 6.09. The Hall–Kier alpha value is -1.35. The molecule has 0 aromatic heterocycles. The molecule has 2 rings (SSSR count). The van der Waals surface area contributed by atoms with Crippen LogP contribution in [0.15, 0.2) is 12.1 Å². The fourth-order valence-electron chi connectivity index (χ4n) is 3.12. The minimum atomic E-state index is -0.364. The summed E-state index contributed by atoms with van der Waals surface area (Å²) in [5.74, 6) is -0.276. The van der Waals surface area contributed by atoms with Crippen LogP contribution in [0, 0.1) is 20.8 Å². The zero-order chi connectivity index (χ0) is 14.7. The van der Waals surface area contributed by atoms with Gasteiger partial charge in [0.05, 0.1) is 0 Å². The highest BCUT2D eigenvalue weighted by Gasteiger charge is 2.24. The van der Waals surface area contributed by atoms with Gasteiger partial charge in [0, 0.05) is 6.04 Å². The summed E-state index contributed by atoms with van der Waals surface area (Å²) in [5, 5.41) is 3.48. The Kier molecular flexibility index (Phi) is 4.81. The molecule has 1 atom stereocenters. The quantitative estimate of drug-likeness (QED) is 0.886. The molecule has 0 radical (unpaired) electrons. The van der Waals surface area contributed by atoms with Gasteiger partial charge in [-0.25, -0.2) is 0 Å². The van der Waals surface area contributed by atoms with E-state index in [9.17, 15) is 4.79 Å². The summed E-state index contributed by atoms with van der Waals surface area (Å²) in [4.78, 5) is 11.9. The summed E-state index contributed by atoms with van der Waals surface area (Å²) in [6.45, 7) is 6.23. The third-order valence-corrected chi connectivity index (χ3v) is 4.49. The lowest BCUT2D eigenvalue weighted by molar-refractivity contribution is -0.120. The van der Waals surface area contributed by atoms with Crippen molar-refractivity contribution in [2.75, 3.05) is 0 Å². The number of nitrogens with one attached hydrogen (secondary N) is 1. The van der Waals surface area contributed by atoms with Crippen molar-refractivity contribution in [3.8, 4) is 0 Å². The number of rotatable bonds is 4. The van der Waals surface area contributed by atoms with E-state index in [1.165, 1.54) is 30.4 Å². The van der Waals surface area contributed by atoms with Gasteiger partial charge in [0.25, 0.3) is 0 Å². The van der Waals surface area contributed by atoms with Crippen LogP contribution in [0.3, 0.4) is 0 Å². The first-order valence-corrected chi connectivity index (χ1v) is 7.62. The van der Waals surface area contributed by atoms with E-state index >= 15 is 0 Å². The van der Waals surface area contributed by atoms with Crippen molar-refractivity contribution in [1.29, 1.82) is 0 Å². The standard InChI is InChI=1S/C17H26N2O/c1-11-9-13(3)15(10-12(11)2)16(17(18)20)19-14-7-5-4-6-8-14/h9-10,14,16,19H,4-8H2,1-3H3,(H2,18,20). The predicted octanol–water partition coefficient (Wildman–Crippen LogP) is 3.06. The van der Waals surface area contributed by atoms with Crippen LogP contribution in [0.1, 0.15) is 60.4 Å². The number of carbonyl (C=O) groups excluding carboxylic acids is 1. The summed E-state index contributed by atoms with van der Waals surface area (Å²) >= 11 is 0. The second-order valence-corrected chi connectivity index (χ2v) is 6.13. The maximum absolute atomic E-state index is 11.9. The van der Waals surface area contributed by atoms with Gasteiger partial charge in [-0.15, -0.1) is 0 Å². The maximum Gasteiger partial charge on any atom is 0.239 e. The summed E-state index contributed by atoms with van der Waals surface area (Å²) in [7, 11) is 0. The summed E-state index contributed by atoms with van der Waals surface area (Å²) in [5.41, 5.74) is 10.3. The number of aryl methyl sites for hydroxylation is 3. The van der Waals surface area contributed by atoms with Gasteiger partial charge in [-0.1, -0.05) is 31.4 Å². The topological polar surface area (TPSA) is 55.1 Å². The highest BCUT2D eigenvalue weighted by molar-refractivity contribution is 5.82. The average Bonchev–Trinajstić information content (AvgIpc) is 2.41. The number of amides is 1. The number of primary amides is 1. The number of hydrogen-bond donors (Lipinski definition) is 2. The molecule has 1 amide bonds. The van der Waals surface area contributed by atoms with E-state index in [1.54, 1.807) is 0 Å². The lowest BCUT2D eigenvalue weighted by Crippen LogP contribution is -2.41. The molecule has 20 heavy (non-hydrogen) atoms. The predicted molar refractivity (Wildman–Crippen MR) is 82.6 cm³/mol. The van der Waals surface area contributed by atoms with Crippen LogP contribution in [-0.4, -0.2) is 11.9 Å². The fraction of sp³-hybridized carbons (Fsp3) is 0.588. The molecule has 1 saturated carbocycles. The molecule has 1 aromatic carbocycles. The molecule has 0 aliphatic heterocycles. The molecule has 0 saturated heterocycles. The number of carbonyl (C=O) groups is 1. The second-order valence-electron chi connectivity index (χ2n) is 6.13. The number of hydrogen-bond acceptors (Lipinski definition) is 2. The molecule has 3 nitrogen and oxygen atoms in total. The molecule has 3 heteroatoms. The first kappa shape index (κ1) is 15.0. The molecule has 1 fully saturated rings. The van der Waals surface area contributed by atoms with Gasteiger partial charge in [-0.3, -0.25) is 10.1 Å². The van der Waals surface area contributed by atoms with E-state index in [4.69, 9.17) is 5.73 Å². The number of nitrogens with two attached hydrogens (primary N) is 1. The van der Waals surface area contributed by atoms with Crippen LogP contribution in [0.2, 0.25) is 0 Å². The minimum absolute atomic E-state index is 0.276. The molecule has 3 N–H and O–H groups in total. The van der Waals surface area contributed by atoms with Gasteiger partial charge in [0.2, 0.25) is 5.91 Å². The lowest BCUT2D eigenvalue weighted by atomic mass is 9.91. The Balaban J connectivity index is 2.24. The Morgan fingerprint density at radius 3 is 2.30 bits per heavy atom. The van der Waals surface area contributed by atoms with Crippen molar-refractivity contribution in [3.05, 3.63) is 34.4 Å². The van der Waals surface area contributed by atoms with Gasteiger partial charge < -0.3 is 5.73 Å². The van der Waals surface area contributed by atoms with Crippen molar-refractivity contribution in [1.82, 2.24) is 5.32 Å². The highest BCUT2D eigenvalue weighted by atomic mass is 16.1. The molecule has 1 aliphatic rings. The monoisotopic (exact) mass is 274 g/mol. The first-order chi connectivity index (χ1) is 9.49. The molecule has 0 heterocycles. The summed E-state index contributed by atoms with van der Waals surface area (Å²) < 4.78 is 0. The average molecular weight is 274 g/mol. The molecule has 1 aliphatic carbocycles. The van der Waals surface area contributed by atoms with Crippen LogP contribution < -0.4 is 11.1 Å². The third kappa shape index (κ3) is 3.40. The van der Waals surface area contributed by atoms with Crippen molar-refractivity contribution >= 4 is 5.91 Å². The third-order valence-electron chi connectivity index (χ3n) is 4.49. The van der Waals surface area contributed by atoms with Crippen LogP contribution in [0.25, 0.3) is 0 Å². The highest BCUT2D eigenvalue weighted by Crippen LogP contribution is 2.25. The van der Waals surface area contributed by atoms with Crippen molar-refractivity contribution < 1.29 is 4.79 Å². The molecule has 1 aromatic rings. The van der Waals surface area contributed by atoms with E-state index in [0.29, 0.717) is 6.04 Å². The van der Waals surface area contributed by atoms with Gasteiger partial charge in [0.15, 0.2) is 0 Å². The van der Waals surface area contributed by atoms with Gasteiger partial charge >= 0.3 is 0 Å². The van der Waals surface area contributed by atoms with E-state index < -0.39 is 0 Å². The molecular formula is C17H26N2O. The smallest absolute Gasteiger partial charge is 0.239 e. The maximum atomic E-state index is 11.9. The van der Waals surface area contributed by atoms with E-state index in [2.05, 4.69) is 38.2 Å². The van der Waals surface area contributed by atoms with Crippen LogP contribution in [-0.2, 0) is 4.79 Å². The summed E-state index contributed by atoms with van der Waals surface area (Å²) in [6, 6.07) is 4.30. The van der Waals surface area contributed by atoms with E-state index in [-0.39, 0.29) is 11.9 Å². The lowest BCUT2D eigenvalue weighted by Gasteiger charge is -2.28. The molecule has 1 unspecified atom stereocenters.